The van der Waals surface area contributed by atoms with Gasteiger partial charge in [0.05, 0.1) is 5.52 Å². The molecule has 1 atom stereocenters. The van der Waals surface area contributed by atoms with Crippen LogP contribution in [0.25, 0.3) is 10.9 Å². The highest BCUT2D eigenvalue weighted by atomic mass is 35.5. The lowest BCUT2D eigenvalue weighted by Crippen LogP contribution is -2.28. The number of hydrogen-bond acceptors (Lipinski definition) is 3. The summed E-state index contributed by atoms with van der Waals surface area (Å²) in [6.45, 7) is 1.90. The van der Waals surface area contributed by atoms with Crippen LogP contribution in [0.1, 0.15) is 17.2 Å². The summed E-state index contributed by atoms with van der Waals surface area (Å²) in [5.74, 6) is 0.155. The van der Waals surface area contributed by atoms with Crippen LogP contribution in [0.15, 0.2) is 54.6 Å². The molecule has 24 heavy (non-hydrogen) atoms. The van der Waals surface area contributed by atoms with E-state index in [2.05, 4.69) is 10.3 Å². The summed E-state index contributed by atoms with van der Waals surface area (Å²) in [6.07, 6.45) is 0. The molecule has 0 saturated heterocycles. The summed E-state index contributed by atoms with van der Waals surface area (Å²) >= 11 is 6.13. The molecule has 0 aliphatic heterocycles. The van der Waals surface area contributed by atoms with Gasteiger partial charge in [-0.15, -0.1) is 12.4 Å². The van der Waals surface area contributed by atoms with Crippen molar-refractivity contribution in [2.24, 2.45) is 5.73 Å². The number of benzene rings is 2. The van der Waals surface area contributed by atoms with Gasteiger partial charge < -0.3 is 11.1 Å². The van der Waals surface area contributed by atoms with Gasteiger partial charge in [0, 0.05) is 10.4 Å². The maximum Gasteiger partial charge on any atom is 0.247 e. The van der Waals surface area contributed by atoms with E-state index in [1.54, 1.807) is 6.07 Å². The molecular weight excluding hydrogens is 345 g/mol. The van der Waals surface area contributed by atoms with Crippen molar-refractivity contribution in [3.05, 3.63) is 70.7 Å². The third-order valence-corrected chi connectivity index (χ3v) is 4.15. The fourth-order valence-corrected chi connectivity index (χ4v) is 2.54. The number of nitrogens with one attached hydrogen (secondary N) is 1. The third kappa shape index (κ3) is 3.67. The number of hydrogen-bond donors (Lipinski definition) is 2. The van der Waals surface area contributed by atoms with E-state index in [1.165, 1.54) is 0 Å². The van der Waals surface area contributed by atoms with E-state index in [0.717, 1.165) is 22.0 Å². The van der Waals surface area contributed by atoms with E-state index in [1.807, 2.05) is 55.5 Å². The number of pyridine rings is 1. The molecule has 0 fully saturated rings. The van der Waals surface area contributed by atoms with Crippen molar-refractivity contribution in [3.63, 3.8) is 0 Å². The van der Waals surface area contributed by atoms with Crippen LogP contribution in [0.5, 0.6) is 0 Å². The Morgan fingerprint density at radius 2 is 1.79 bits per heavy atom. The molecular formula is C18H17Cl2N3O. The highest BCUT2D eigenvalue weighted by molar-refractivity contribution is 6.32. The fraction of sp³-hybridized carbons (Fsp3) is 0.111. The molecule has 0 saturated carbocycles. The van der Waals surface area contributed by atoms with Crippen LogP contribution in [0.3, 0.4) is 0 Å². The van der Waals surface area contributed by atoms with E-state index in [4.69, 9.17) is 17.3 Å². The molecule has 3 N–H and O–H groups in total. The normalized spacial score (nSPS) is 11.6. The first-order valence-electron chi connectivity index (χ1n) is 7.23. The Hall–Kier alpha value is -2.14. The van der Waals surface area contributed by atoms with Gasteiger partial charge in [-0.25, -0.2) is 4.98 Å². The minimum Gasteiger partial charge on any atom is -0.316 e. The Labute approximate surface area is 151 Å². The summed E-state index contributed by atoms with van der Waals surface area (Å²) in [4.78, 5) is 16.8. The van der Waals surface area contributed by atoms with Gasteiger partial charge in [-0.05, 0) is 36.2 Å². The lowest BCUT2D eigenvalue weighted by Gasteiger charge is -2.13. The van der Waals surface area contributed by atoms with Crippen molar-refractivity contribution in [2.75, 3.05) is 5.32 Å². The largest absolute Gasteiger partial charge is 0.316 e. The molecule has 0 bridgehead atoms. The van der Waals surface area contributed by atoms with Crippen LogP contribution in [-0.4, -0.2) is 10.9 Å². The predicted octanol–water partition coefficient (Wildman–Crippen LogP) is 4.26. The van der Waals surface area contributed by atoms with Crippen LogP contribution in [0.4, 0.5) is 5.82 Å². The highest BCUT2D eigenvalue weighted by Crippen LogP contribution is 2.25. The van der Waals surface area contributed by atoms with Crippen LogP contribution >= 0.6 is 24.0 Å². The quantitative estimate of drug-likeness (QED) is 0.732. The molecule has 124 valence electrons. The zero-order chi connectivity index (χ0) is 16.4. The predicted molar refractivity (Wildman–Crippen MR) is 101 cm³/mol. The molecule has 0 aliphatic rings. The number of carbonyl (C=O) groups excluding carboxylic acids is 1. The second-order valence-electron chi connectivity index (χ2n) is 5.32. The molecule has 4 nitrogen and oxygen atoms in total. The molecule has 2 aromatic carbocycles. The number of nitrogens with two attached hydrogens (primary N) is 1. The van der Waals surface area contributed by atoms with Gasteiger partial charge in [-0.2, -0.15) is 0 Å². The number of aryl methyl sites for hydroxylation is 1. The van der Waals surface area contributed by atoms with E-state index >= 15 is 0 Å². The fourth-order valence-electron chi connectivity index (χ4n) is 2.39. The lowest BCUT2D eigenvalue weighted by molar-refractivity contribution is -0.117. The van der Waals surface area contributed by atoms with E-state index in [-0.39, 0.29) is 18.3 Å². The number of carbonyl (C=O) groups is 1. The number of halogens is 2. The van der Waals surface area contributed by atoms with Crippen LogP contribution in [0.2, 0.25) is 5.02 Å². The van der Waals surface area contributed by atoms with Crippen molar-refractivity contribution in [3.8, 4) is 0 Å². The molecule has 1 unspecified atom stereocenters. The Morgan fingerprint density at radius 3 is 2.50 bits per heavy atom. The number of anilines is 1. The molecule has 0 aliphatic carbocycles. The Balaban J connectivity index is 0.00000208. The summed E-state index contributed by atoms with van der Waals surface area (Å²) < 4.78 is 0. The van der Waals surface area contributed by atoms with Crippen molar-refractivity contribution >= 4 is 46.6 Å². The van der Waals surface area contributed by atoms with Crippen LogP contribution in [0, 0.1) is 6.92 Å². The second kappa shape index (κ2) is 7.62. The Kier molecular flexibility index (Phi) is 5.78. The number of amides is 1. The van der Waals surface area contributed by atoms with Gasteiger partial charge in [0.1, 0.15) is 11.9 Å². The molecule has 1 aromatic heterocycles. The van der Waals surface area contributed by atoms with Crippen LogP contribution in [-0.2, 0) is 4.79 Å². The summed E-state index contributed by atoms with van der Waals surface area (Å²) in [6, 6.07) is 15.9. The standard InChI is InChI=1S/C18H16ClN3O.ClH/c1-11-14(19)9-7-13-8-10-15(21-17(11)13)22-18(23)16(20)12-5-3-2-4-6-12;/h2-10,16H,20H2,1H3,(H,21,22,23);1H. The van der Waals surface area contributed by atoms with Crippen molar-refractivity contribution < 1.29 is 4.79 Å². The zero-order valence-corrected chi connectivity index (χ0v) is 14.6. The number of nitrogens with zero attached hydrogens (tertiary/aromatic N) is 1. The Bertz CT molecular complexity index is 869. The second-order valence-corrected chi connectivity index (χ2v) is 5.73. The lowest BCUT2D eigenvalue weighted by atomic mass is 10.1. The first kappa shape index (κ1) is 18.2. The average Bonchev–Trinajstić information content (AvgIpc) is 2.58. The van der Waals surface area contributed by atoms with E-state index < -0.39 is 6.04 Å². The number of rotatable bonds is 3. The molecule has 1 amide bonds. The minimum atomic E-state index is -0.742. The minimum absolute atomic E-state index is 0. The van der Waals surface area contributed by atoms with E-state index in [0.29, 0.717) is 10.8 Å². The van der Waals surface area contributed by atoms with Gasteiger partial charge in [0.15, 0.2) is 0 Å². The van der Waals surface area contributed by atoms with Crippen molar-refractivity contribution in [1.29, 1.82) is 0 Å². The SMILES string of the molecule is Cc1c(Cl)ccc2ccc(NC(=O)C(N)c3ccccc3)nc12.Cl. The summed E-state index contributed by atoms with van der Waals surface area (Å²) in [7, 11) is 0. The maximum atomic E-state index is 12.3. The topological polar surface area (TPSA) is 68.0 Å². The van der Waals surface area contributed by atoms with Crippen molar-refractivity contribution in [2.45, 2.75) is 13.0 Å². The van der Waals surface area contributed by atoms with Gasteiger partial charge in [0.2, 0.25) is 5.91 Å². The molecule has 0 radical (unpaired) electrons. The zero-order valence-electron chi connectivity index (χ0n) is 13.0. The summed E-state index contributed by atoms with van der Waals surface area (Å²) in [5.41, 5.74) is 8.40. The first-order chi connectivity index (χ1) is 11.1. The molecule has 1 heterocycles. The monoisotopic (exact) mass is 361 g/mol. The van der Waals surface area contributed by atoms with Gasteiger partial charge in [-0.3, -0.25) is 4.79 Å². The molecule has 0 spiro atoms. The van der Waals surface area contributed by atoms with Gasteiger partial charge in [-0.1, -0.05) is 48.0 Å². The van der Waals surface area contributed by atoms with Crippen LogP contribution < -0.4 is 11.1 Å². The van der Waals surface area contributed by atoms with Gasteiger partial charge >= 0.3 is 0 Å². The first-order valence-corrected chi connectivity index (χ1v) is 7.61. The maximum absolute atomic E-state index is 12.3. The van der Waals surface area contributed by atoms with Gasteiger partial charge in [0.25, 0.3) is 0 Å². The number of fused-ring (bicyclic) bond motifs is 1. The number of aromatic nitrogens is 1. The Morgan fingerprint density at radius 1 is 1.12 bits per heavy atom. The summed E-state index contributed by atoms with van der Waals surface area (Å²) in [5, 5.41) is 4.38. The molecule has 3 rings (SSSR count). The molecule has 6 heteroatoms. The van der Waals surface area contributed by atoms with E-state index in [9.17, 15) is 4.79 Å². The van der Waals surface area contributed by atoms with Crippen molar-refractivity contribution in [1.82, 2.24) is 4.98 Å². The average molecular weight is 362 g/mol. The third-order valence-electron chi connectivity index (χ3n) is 3.74. The smallest absolute Gasteiger partial charge is 0.247 e. The highest BCUT2D eigenvalue weighted by Gasteiger charge is 2.16. The molecule has 3 aromatic rings.